The average Bonchev–Trinajstić information content (AvgIpc) is 2.68. The number of carboxylic acids is 1. The maximum absolute atomic E-state index is 13.0. The van der Waals surface area contributed by atoms with Crippen LogP contribution >= 0.6 is 0 Å². The van der Waals surface area contributed by atoms with Gasteiger partial charge in [-0.05, 0) is 37.1 Å². The second kappa shape index (κ2) is 7.77. The summed E-state index contributed by atoms with van der Waals surface area (Å²) in [6.07, 6.45) is 4.29. The van der Waals surface area contributed by atoms with Crippen LogP contribution in [0.2, 0.25) is 0 Å². The zero-order valence-corrected chi connectivity index (χ0v) is 15.4. The fourth-order valence-corrected chi connectivity index (χ4v) is 4.92. The molecule has 1 aromatic rings. The summed E-state index contributed by atoms with van der Waals surface area (Å²) >= 11 is 0. The maximum atomic E-state index is 13.0. The molecule has 0 unspecified atom stereocenters. The molecule has 0 spiro atoms. The first kappa shape index (κ1) is 19.5. The maximum Gasteiger partial charge on any atom is 0.307 e. The number of hydrogen-bond acceptors (Lipinski definition) is 4. The van der Waals surface area contributed by atoms with Gasteiger partial charge in [-0.25, -0.2) is 12.8 Å². The third-order valence-corrected chi connectivity index (χ3v) is 6.98. The molecule has 2 atom stereocenters. The van der Waals surface area contributed by atoms with Crippen molar-refractivity contribution in [2.75, 3.05) is 26.2 Å². The van der Waals surface area contributed by atoms with Gasteiger partial charge in [-0.1, -0.05) is 12.2 Å². The molecule has 1 amide bonds. The second-order valence-electron chi connectivity index (χ2n) is 6.68. The Morgan fingerprint density at radius 3 is 2.07 bits per heavy atom. The molecule has 0 aromatic heterocycles. The van der Waals surface area contributed by atoms with Crippen molar-refractivity contribution in [2.45, 2.75) is 17.7 Å². The molecule has 1 saturated heterocycles. The summed E-state index contributed by atoms with van der Waals surface area (Å²) in [5.41, 5.74) is 0. The van der Waals surface area contributed by atoms with Crippen LogP contribution in [0.4, 0.5) is 4.39 Å². The number of piperazine rings is 1. The Morgan fingerprint density at radius 1 is 0.963 bits per heavy atom. The molecule has 1 aliphatic heterocycles. The SMILES string of the molecule is O=C(O)[C@@H]1CC=CC[C@@H]1C(=O)N1CCN(S(=O)(=O)c2ccc(F)cc2)CC1. The van der Waals surface area contributed by atoms with Crippen LogP contribution in [0, 0.1) is 17.7 Å². The van der Waals surface area contributed by atoms with E-state index >= 15 is 0 Å². The van der Waals surface area contributed by atoms with Gasteiger partial charge in [-0.2, -0.15) is 4.31 Å². The van der Waals surface area contributed by atoms with Crippen LogP contribution in [0.25, 0.3) is 0 Å². The van der Waals surface area contributed by atoms with Crippen molar-refractivity contribution in [3.63, 3.8) is 0 Å². The van der Waals surface area contributed by atoms with Gasteiger partial charge in [0.05, 0.1) is 16.7 Å². The Balaban J connectivity index is 1.66. The van der Waals surface area contributed by atoms with Crippen molar-refractivity contribution in [1.29, 1.82) is 0 Å². The first-order chi connectivity index (χ1) is 12.8. The van der Waals surface area contributed by atoms with E-state index in [1.165, 1.54) is 21.3 Å². The van der Waals surface area contributed by atoms with Gasteiger partial charge in [0.2, 0.25) is 15.9 Å². The highest BCUT2D eigenvalue weighted by Crippen LogP contribution is 2.28. The van der Waals surface area contributed by atoms with Crippen LogP contribution in [-0.4, -0.2) is 60.8 Å². The monoisotopic (exact) mass is 396 g/mol. The van der Waals surface area contributed by atoms with Gasteiger partial charge in [-0.15, -0.1) is 0 Å². The van der Waals surface area contributed by atoms with E-state index in [0.717, 1.165) is 12.1 Å². The topological polar surface area (TPSA) is 95.0 Å². The molecule has 146 valence electrons. The number of benzene rings is 1. The summed E-state index contributed by atoms with van der Waals surface area (Å²) in [4.78, 5) is 25.7. The van der Waals surface area contributed by atoms with Crippen molar-refractivity contribution in [2.24, 2.45) is 11.8 Å². The zero-order valence-electron chi connectivity index (χ0n) is 14.6. The van der Waals surface area contributed by atoms with E-state index in [-0.39, 0.29) is 37.0 Å². The van der Waals surface area contributed by atoms with E-state index in [9.17, 15) is 27.5 Å². The Hall–Kier alpha value is -2.26. The number of aliphatic carboxylic acids is 1. The number of carbonyl (C=O) groups is 2. The lowest BCUT2D eigenvalue weighted by molar-refractivity contribution is -0.151. The fraction of sp³-hybridized carbons (Fsp3) is 0.444. The molecule has 3 rings (SSSR count). The number of rotatable bonds is 4. The molecule has 1 N–H and O–H groups in total. The minimum absolute atomic E-state index is 0.00651. The number of amides is 1. The smallest absolute Gasteiger partial charge is 0.307 e. The number of carbonyl (C=O) groups excluding carboxylic acids is 1. The molecule has 2 aliphatic rings. The van der Waals surface area contributed by atoms with Crippen molar-refractivity contribution in [1.82, 2.24) is 9.21 Å². The highest BCUT2D eigenvalue weighted by atomic mass is 32.2. The third kappa shape index (κ3) is 4.03. The minimum atomic E-state index is -3.75. The highest BCUT2D eigenvalue weighted by Gasteiger charge is 2.38. The molecule has 0 radical (unpaired) electrons. The van der Waals surface area contributed by atoms with E-state index in [1.54, 1.807) is 6.08 Å². The quantitative estimate of drug-likeness (QED) is 0.775. The molecular formula is C18H21FN2O5S. The minimum Gasteiger partial charge on any atom is -0.481 e. The van der Waals surface area contributed by atoms with E-state index in [4.69, 9.17) is 0 Å². The van der Waals surface area contributed by atoms with Crippen LogP contribution in [0.15, 0.2) is 41.3 Å². The number of carboxylic acid groups (broad SMARTS) is 1. The summed E-state index contributed by atoms with van der Waals surface area (Å²) < 4.78 is 39.5. The molecule has 1 fully saturated rings. The van der Waals surface area contributed by atoms with Crippen molar-refractivity contribution >= 4 is 21.9 Å². The molecule has 1 heterocycles. The number of sulfonamides is 1. The summed E-state index contributed by atoms with van der Waals surface area (Å²) in [5.74, 6) is -3.11. The Morgan fingerprint density at radius 2 is 1.52 bits per heavy atom. The molecule has 0 bridgehead atoms. The summed E-state index contributed by atoms with van der Waals surface area (Å²) in [6.45, 7) is 0.634. The molecule has 27 heavy (non-hydrogen) atoms. The van der Waals surface area contributed by atoms with E-state index in [0.29, 0.717) is 12.8 Å². The highest BCUT2D eigenvalue weighted by molar-refractivity contribution is 7.89. The number of halogens is 1. The number of allylic oxidation sites excluding steroid dienone is 2. The molecule has 9 heteroatoms. The average molecular weight is 396 g/mol. The summed E-state index contributed by atoms with van der Waals surface area (Å²) in [6, 6.07) is 4.62. The van der Waals surface area contributed by atoms with Gasteiger partial charge in [0.1, 0.15) is 5.82 Å². The number of hydrogen-bond donors (Lipinski definition) is 1. The molecule has 1 aromatic carbocycles. The fourth-order valence-electron chi connectivity index (χ4n) is 3.50. The normalized spacial score (nSPS) is 24.0. The lowest BCUT2D eigenvalue weighted by Gasteiger charge is -2.37. The summed E-state index contributed by atoms with van der Waals surface area (Å²) in [5, 5.41) is 9.33. The van der Waals surface area contributed by atoms with E-state index in [1.807, 2.05) is 6.08 Å². The summed E-state index contributed by atoms with van der Waals surface area (Å²) in [7, 11) is -3.75. The van der Waals surface area contributed by atoms with Gasteiger partial charge in [0.25, 0.3) is 0 Å². The van der Waals surface area contributed by atoms with Crippen molar-refractivity contribution < 1.29 is 27.5 Å². The number of nitrogens with zero attached hydrogens (tertiary/aromatic N) is 2. The van der Waals surface area contributed by atoms with E-state index < -0.39 is 33.6 Å². The van der Waals surface area contributed by atoms with Gasteiger partial charge in [0.15, 0.2) is 0 Å². The predicted octanol–water partition coefficient (Wildman–Crippen LogP) is 1.33. The first-order valence-electron chi connectivity index (χ1n) is 8.73. The van der Waals surface area contributed by atoms with Crippen LogP contribution in [-0.2, 0) is 19.6 Å². The van der Waals surface area contributed by atoms with Gasteiger partial charge in [0, 0.05) is 26.2 Å². The molecule has 0 saturated carbocycles. The molecule has 7 nitrogen and oxygen atoms in total. The Labute approximate surface area is 157 Å². The third-order valence-electron chi connectivity index (χ3n) is 5.07. The first-order valence-corrected chi connectivity index (χ1v) is 10.2. The van der Waals surface area contributed by atoms with Crippen LogP contribution in [0.1, 0.15) is 12.8 Å². The largest absolute Gasteiger partial charge is 0.481 e. The lowest BCUT2D eigenvalue weighted by Crippen LogP contribution is -2.53. The molecule has 1 aliphatic carbocycles. The standard InChI is InChI=1S/C18H21FN2O5S/c19-13-5-7-14(8-6-13)27(25,26)21-11-9-20(10-12-21)17(22)15-3-1-2-4-16(15)18(23)24/h1-2,5-8,15-16H,3-4,9-12H2,(H,23,24)/t15-,16+/m0/s1. The van der Waals surface area contributed by atoms with Crippen LogP contribution in [0.5, 0.6) is 0 Å². The van der Waals surface area contributed by atoms with E-state index in [2.05, 4.69) is 0 Å². The van der Waals surface area contributed by atoms with Gasteiger partial charge >= 0.3 is 5.97 Å². The molecular weight excluding hydrogens is 375 g/mol. The van der Waals surface area contributed by atoms with Gasteiger partial charge in [-0.3, -0.25) is 9.59 Å². The Bertz CT molecular complexity index is 845. The van der Waals surface area contributed by atoms with Crippen molar-refractivity contribution in [3.05, 3.63) is 42.2 Å². The second-order valence-corrected chi connectivity index (χ2v) is 8.62. The lowest BCUT2D eigenvalue weighted by atomic mass is 9.82. The van der Waals surface area contributed by atoms with Crippen LogP contribution in [0.3, 0.4) is 0 Å². The van der Waals surface area contributed by atoms with Gasteiger partial charge < -0.3 is 10.0 Å². The zero-order chi connectivity index (χ0) is 19.6. The predicted molar refractivity (Wildman–Crippen MR) is 94.7 cm³/mol. The Kier molecular flexibility index (Phi) is 5.61. The van der Waals surface area contributed by atoms with Crippen LogP contribution < -0.4 is 0 Å². The van der Waals surface area contributed by atoms with Crippen molar-refractivity contribution in [3.8, 4) is 0 Å².